The molecule has 2 amide bonds. The first-order valence-electron chi connectivity index (χ1n) is 7.75. The fraction of sp³-hybridized carbons (Fsp3) is 0.471. The van der Waals surface area contributed by atoms with E-state index in [1.165, 1.54) is 12.1 Å². The van der Waals surface area contributed by atoms with Gasteiger partial charge in [-0.15, -0.1) is 0 Å². The van der Waals surface area contributed by atoms with Gasteiger partial charge in [-0.25, -0.2) is 9.59 Å². The molecular formula is C17H24N2O5. The zero-order valence-electron chi connectivity index (χ0n) is 14.5. The Kier molecular flexibility index (Phi) is 7.23. The molecule has 7 nitrogen and oxygen atoms in total. The van der Waals surface area contributed by atoms with E-state index in [2.05, 4.69) is 10.6 Å². The minimum Gasteiger partial charge on any atom is -0.452 e. The van der Waals surface area contributed by atoms with Gasteiger partial charge in [0.25, 0.3) is 5.91 Å². The van der Waals surface area contributed by atoms with Crippen LogP contribution in [0.25, 0.3) is 0 Å². The van der Waals surface area contributed by atoms with Gasteiger partial charge in [-0.05, 0) is 45.4 Å². The van der Waals surface area contributed by atoms with Gasteiger partial charge >= 0.3 is 12.1 Å². The number of anilines is 1. The van der Waals surface area contributed by atoms with Crippen LogP contribution >= 0.6 is 0 Å². The Morgan fingerprint density at radius 2 is 1.88 bits per heavy atom. The Morgan fingerprint density at radius 3 is 2.50 bits per heavy atom. The van der Waals surface area contributed by atoms with Crippen molar-refractivity contribution in [3.05, 3.63) is 29.8 Å². The van der Waals surface area contributed by atoms with Gasteiger partial charge in [0, 0.05) is 12.2 Å². The van der Waals surface area contributed by atoms with Gasteiger partial charge in [-0.2, -0.15) is 0 Å². The van der Waals surface area contributed by atoms with Crippen molar-refractivity contribution >= 4 is 23.7 Å². The lowest BCUT2D eigenvalue weighted by Gasteiger charge is -2.19. The normalized spacial score (nSPS) is 10.7. The quantitative estimate of drug-likeness (QED) is 0.779. The van der Waals surface area contributed by atoms with Gasteiger partial charge < -0.3 is 14.8 Å². The standard InChI is InChI=1S/C17H24N2O5/c1-5-9-18-14(20)11-23-15(21)12-7-6-8-13(10-12)19-16(22)24-17(2,3)4/h6-8,10H,5,9,11H2,1-4H3,(H,18,20)(H,19,22). The van der Waals surface area contributed by atoms with Crippen molar-refractivity contribution in [1.82, 2.24) is 5.32 Å². The molecule has 0 radical (unpaired) electrons. The highest BCUT2D eigenvalue weighted by atomic mass is 16.6. The number of carbonyl (C=O) groups is 3. The monoisotopic (exact) mass is 336 g/mol. The van der Waals surface area contributed by atoms with E-state index >= 15 is 0 Å². The average Bonchev–Trinajstić information content (AvgIpc) is 2.48. The number of hydrogen-bond acceptors (Lipinski definition) is 5. The van der Waals surface area contributed by atoms with Crippen LogP contribution < -0.4 is 10.6 Å². The van der Waals surface area contributed by atoms with Crippen LogP contribution in [0.15, 0.2) is 24.3 Å². The lowest BCUT2D eigenvalue weighted by Crippen LogP contribution is -2.29. The van der Waals surface area contributed by atoms with Crippen LogP contribution in [0.1, 0.15) is 44.5 Å². The van der Waals surface area contributed by atoms with Gasteiger partial charge in [0.15, 0.2) is 6.61 Å². The highest BCUT2D eigenvalue weighted by Gasteiger charge is 2.17. The van der Waals surface area contributed by atoms with E-state index in [1.807, 2.05) is 6.92 Å². The molecule has 0 heterocycles. The zero-order valence-corrected chi connectivity index (χ0v) is 14.5. The van der Waals surface area contributed by atoms with E-state index in [0.717, 1.165) is 6.42 Å². The van der Waals surface area contributed by atoms with E-state index in [4.69, 9.17) is 9.47 Å². The predicted molar refractivity (Wildman–Crippen MR) is 89.9 cm³/mol. The van der Waals surface area contributed by atoms with Gasteiger partial charge in [0.2, 0.25) is 0 Å². The van der Waals surface area contributed by atoms with Crippen molar-refractivity contribution in [2.75, 3.05) is 18.5 Å². The molecule has 0 aliphatic heterocycles. The summed E-state index contributed by atoms with van der Waals surface area (Å²) in [6.07, 6.45) is 0.185. The molecule has 132 valence electrons. The van der Waals surface area contributed by atoms with E-state index in [0.29, 0.717) is 12.2 Å². The average molecular weight is 336 g/mol. The molecule has 0 unspecified atom stereocenters. The van der Waals surface area contributed by atoms with Crippen LogP contribution in [0, 0.1) is 0 Å². The van der Waals surface area contributed by atoms with Crippen LogP contribution in [-0.4, -0.2) is 36.7 Å². The van der Waals surface area contributed by atoms with Crippen molar-refractivity contribution in [2.45, 2.75) is 39.7 Å². The fourth-order valence-corrected chi connectivity index (χ4v) is 1.68. The summed E-state index contributed by atoms with van der Waals surface area (Å²) in [7, 11) is 0. The lowest BCUT2D eigenvalue weighted by molar-refractivity contribution is -0.124. The molecule has 7 heteroatoms. The second-order valence-corrected chi connectivity index (χ2v) is 6.13. The molecule has 2 N–H and O–H groups in total. The largest absolute Gasteiger partial charge is 0.452 e. The number of amides is 2. The molecule has 1 rings (SSSR count). The Labute approximate surface area is 141 Å². The highest BCUT2D eigenvalue weighted by Crippen LogP contribution is 2.14. The maximum Gasteiger partial charge on any atom is 0.412 e. The summed E-state index contributed by atoms with van der Waals surface area (Å²) in [5, 5.41) is 5.15. The minimum absolute atomic E-state index is 0.229. The summed E-state index contributed by atoms with van der Waals surface area (Å²) in [4.78, 5) is 35.1. The third-order valence-corrected chi connectivity index (χ3v) is 2.65. The van der Waals surface area contributed by atoms with E-state index < -0.39 is 17.7 Å². The third kappa shape index (κ3) is 7.62. The molecule has 0 saturated heterocycles. The molecule has 1 aromatic carbocycles. The zero-order chi connectivity index (χ0) is 18.2. The summed E-state index contributed by atoms with van der Waals surface area (Å²) < 4.78 is 10.1. The number of benzene rings is 1. The smallest absolute Gasteiger partial charge is 0.412 e. The van der Waals surface area contributed by atoms with Gasteiger partial charge in [-0.3, -0.25) is 10.1 Å². The molecule has 0 atom stereocenters. The van der Waals surface area contributed by atoms with Crippen molar-refractivity contribution in [3.8, 4) is 0 Å². The minimum atomic E-state index is -0.644. The summed E-state index contributed by atoms with van der Waals surface area (Å²) in [5.41, 5.74) is 0.00734. The number of carbonyl (C=O) groups excluding carboxylic acids is 3. The molecule has 0 aliphatic rings. The van der Waals surface area contributed by atoms with Gasteiger partial charge in [0.05, 0.1) is 5.56 Å². The second-order valence-electron chi connectivity index (χ2n) is 6.13. The maximum atomic E-state index is 11.9. The summed E-state index contributed by atoms with van der Waals surface area (Å²) in [6.45, 7) is 7.38. The maximum absolute atomic E-state index is 11.9. The van der Waals surface area contributed by atoms with Crippen LogP contribution in [0.5, 0.6) is 0 Å². The molecule has 0 aromatic heterocycles. The highest BCUT2D eigenvalue weighted by molar-refractivity contribution is 5.93. The molecule has 24 heavy (non-hydrogen) atoms. The van der Waals surface area contributed by atoms with E-state index in [9.17, 15) is 14.4 Å². The number of ether oxygens (including phenoxy) is 2. The topological polar surface area (TPSA) is 93.7 Å². The number of rotatable bonds is 6. The van der Waals surface area contributed by atoms with Gasteiger partial charge in [-0.1, -0.05) is 13.0 Å². The van der Waals surface area contributed by atoms with Crippen LogP contribution in [0.2, 0.25) is 0 Å². The first-order valence-corrected chi connectivity index (χ1v) is 7.75. The van der Waals surface area contributed by atoms with Crippen LogP contribution in [0.4, 0.5) is 10.5 Å². The molecular weight excluding hydrogens is 312 g/mol. The van der Waals surface area contributed by atoms with Crippen molar-refractivity contribution in [3.63, 3.8) is 0 Å². The molecule has 0 fully saturated rings. The SMILES string of the molecule is CCCNC(=O)COC(=O)c1cccc(NC(=O)OC(C)(C)C)c1. The Morgan fingerprint density at radius 1 is 1.17 bits per heavy atom. The first kappa shape index (κ1) is 19.5. The number of esters is 1. The fourth-order valence-electron chi connectivity index (χ4n) is 1.68. The summed E-state index contributed by atoms with van der Waals surface area (Å²) in [6, 6.07) is 6.21. The number of hydrogen-bond donors (Lipinski definition) is 2. The Bertz CT molecular complexity index is 593. The summed E-state index contributed by atoms with van der Waals surface area (Å²) >= 11 is 0. The molecule has 0 saturated carbocycles. The van der Waals surface area contributed by atoms with Gasteiger partial charge in [0.1, 0.15) is 5.60 Å². The second kappa shape index (κ2) is 8.90. The molecule has 1 aromatic rings. The number of nitrogens with one attached hydrogen (secondary N) is 2. The van der Waals surface area contributed by atoms with E-state index in [1.54, 1.807) is 32.9 Å². The van der Waals surface area contributed by atoms with Crippen molar-refractivity contribution < 1.29 is 23.9 Å². The van der Waals surface area contributed by atoms with Crippen molar-refractivity contribution in [2.24, 2.45) is 0 Å². The molecule has 0 aliphatic carbocycles. The Balaban J connectivity index is 2.59. The lowest BCUT2D eigenvalue weighted by atomic mass is 10.2. The van der Waals surface area contributed by atoms with Crippen LogP contribution in [0.3, 0.4) is 0 Å². The molecule has 0 spiro atoms. The summed E-state index contributed by atoms with van der Waals surface area (Å²) in [5.74, 6) is -0.997. The van der Waals surface area contributed by atoms with Crippen LogP contribution in [-0.2, 0) is 14.3 Å². The molecule has 0 bridgehead atoms. The van der Waals surface area contributed by atoms with Crippen molar-refractivity contribution in [1.29, 1.82) is 0 Å². The Hall–Kier alpha value is -2.57. The predicted octanol–water partition coefficient (Wildman–Crippen LogP) is 2.72. The third-order valence-electron chi connectivity index (χ3n) is 2.65. The first-order chi connectivity index (χ1) is 11.2. The van der Waals surface area contributed by atoms with E-state index in [-0.39, 0.29) is 18.1 Å².